The van der Waals surface area contributed by atoms with Crippen LogP contribution in [0.1, 0.15) is 16.1 Å². The van der Waals surface area contributed by atoms with Crippen molar-refractivity contribution in [3.8, 4) is 11.3 Å². The SMILES string of the molecule is COC(=O)c1ccc(S(=O)(=O)NCc2ccc(-c3ccoc3)o2)cc1. The molecule has 1 aromatic carbocycles. The molecule has 0 amide bonds. The van der Waals surface area contributed by atoms with Crippen molar-refractivity contribution < 1.29 is 26.8 Å². The number of nitrogens with one attached hydrogen (secondary N) is 1. The Balaban J connectivity index is 1.68. The Morgan fingerprint density at radius 3 is 2.52 bits per heavy atom. The van der Waals surface area contributed by atoms with E-state index in [1.54, 1.807) is 18.2 Å². The topological polar surface area (TPSA) is 98.8 Å². The van der Waals surface area contributed by atoms with Gasteiger partial charge in [-0.15, -0.1) is 0 Å². The van der Waals surface area contributed by atoms with E-state index >= 15 is 0 Å². The highest BCUT2D eigenvalue weighted by atomic mass is 32.2. The van der Waals surface area contributed by atoms with Gasteiger partial charge in [0.2, 0.25) is 10.0 Å². The average Bonchev–Trinajstić information content (AvgIpc) is 3.30. The Morgan fingerprint density at radius 1 is 1.12 bits per heavy atom. The molecule has 0 atom stereocenters. The predicted octanol–water partition coefficient (Wildman–Crippen LogP) is 2.80. The van der Waals surface area contributed by atoms with Crippen LogP contribution in [0.5, 0.6) is 0 Å². The van der Waals surface area contributed by atoms with E-state index in [2.05, 4.69) is 9.46 Å². The largest absolute Gasteiger partial charge is 0.472 e. The molecule has 25 heavy (non-hydrogen) atoms. The lowest BCUT2D eigenvalue weighted by atomic mass is 10.2. The summed E-state index contributed by atoms with van der Waals surface area (Å²) < 4.78 is 42.2. The lowest BCUT2D eigenvalue weighted by Gasteiger charge is -2.06. The Labute approximate surface area is 144 Å². The fourth-order valence-electron chi connectivity index (χ4n) is 2.17. The molecule has 0 saturated carbocycles. The zero-order valence-corrected chi connectivity index (χ0v) is 14.1. The van der Waals surface area contributed by atoms with E-state index in [4.69, 9.17) is 8.83 Å². The fraction of sp³-hybridized carbons (Fsp3) is 0.118. The molecule has 130 valence electrons. The highest BCUT2D eigenvalue weighted by molar-refractivity contribution is 7.89. The van der Waals surface area contributed by atoms with Crippen molar-refractivity contribution in [1.29, 1.82) is 0 Å². The van der Waals surface area contributed by atoms with Crippen LogP contribution in [-0.4, -0.2) is 21.5 Å². The van der Waals surface area contributed by atoms with Crippen LogP contribution in [0.2, 0.25) is 0 Å². The Bertz CT molecular complexity index is 955. The highest BCUT2D eigenvalue weighted by Gasteiger charge is 2.16. The second kappa shape index (κ2) is 6.96. The van der Waals surface area contributed by atoms with Gasteiger partial charge in [-0.2, -0.15) is 0 Å². The minimum Gasteiger partial charge on any atom is -0.472 e. The van der Waals surface area contributed by atoms with Crippen molar-refractivity contribution in [2.75, 3.05) is 7.11 Å². The molecule has 0 bridgehead atoms. The van der Waals surface area contributed by atoms with Gasteiger partial charge in [-0.25, -0.2) is 17.9 Å². The Kier molecular flexibility index (Phi) is 4.73. The van der Waals surface area contributed by atoms with E-state index in [1.165, 1.54) is 43.9 Å². The van der Waals surface area contributed by atoms with Crippen molar-refractivity contribution in [3.05, 3.63) is 66.3 Å². The number of furan rings is 2. The molecule has 0 aliphatic rings. The molecule has 8 heteroatoms. The number of hydrogen-bond acceptors (Lipinski definition) is 6. The van der Waals surface area contributed by atoms with Crippen molar-refractivity contribution in [2.45, 2.75) is 11.4 Å². The first-order valence-corrected chi connectivity index (χ1v) is 8.77. The van der Waals surface area contributed by atoms with Gasteiger partial charge in [-0.05, 0) is 42.5 Å². The van der Waals surface area contributed by atoms with Gasteiger partial charge in [-0.1, -0.05) is 0 Å². The summed E-state index contributed by atoms with van der Waals surface area (Å²) in [4.78, 5) is 11.4. The number of ether oxygens (including phenoxy) is 1. The third-order valence-electron chi connectivity index (χ3n) is 3.49. The normalized spacial score (nSPS) is 11.4. The second-order valence-corrected chi connectivity index (χ2v) is 6.89. The number of sulfonamides is 1. The summed E-state index contributed by atoms with van der Waals surface area (Å²) >= 11 is 0. The standard InChI is InChI=1S/C17H15NO6S/c1-22-17(19)12-2-5-15(6-3-12)25(20,21)18-10-14-4-7-16(24-14)13-8-9-23-11-13/h2-9,11,18H,10H2,1H3. The molecule has 0 spiro atoms. The molecule has 2 aromatic heterocycles. The van der Waals surface area contributed by atoms with E-state index in [9.17, 15) is 13.2 Å². The monoisotopic (exact) mass is 361 g/mol. The quantitative estimate of drug-likeness (QED) is 0.678. The smallest absolute Gasteiger partial charge is 0.337 e. The molecule has 3 rings (SSSR count). The van der Waals surface area contributed by atoms with Gasteiger partial charge in [0.1, 0.15) is 17.8 Å². The summed E-state index contributed by atoms with van der Waals surface area (Å²) in [5.74, 6) is 0.524. The maximum Gasteiger partial charge on any atom is 0.337 e. The zero-order chi connectivity index (χ0) is 17.9. The molecule has 0 radical (unpaired) electrons. The van der Waals surface area contributed by atoms with Crippen LogP contribution < -0.4 is 4.72 Å². The van der Waals surface area contributed by atoms with Crippen LogP contribution >= 0.6 is 0 Å². The number of esters is 1. The first-order valence-electron chi connectivity index (χ1n) is 7.29. The number of rotatable bonds is 6. The summed E-state index contributed by atoms with van der Waals surface area (Å²) in [7, 11) is -2.47. The maximum absolute atomic E-state index is 12.3. The highest BCUT2D eigenvalue weighted by Crippen LogP contribution is 2.22. The van der Waals surface area contributed by atoms with Gasteiger partial charge in [0.05, 0.1) is 35.9 Å². The minimum absolute atomic E-state index is 0.00105. The van der Waals surface area contributed by atoms with Crippen molar-refractivity contribution in [1.82, 2.24) is 4.72 Å². The molecule has 2 heterocycles. The molecule has 0 aliphatic carbocycles. The Hall–Kier alpha value is -2.84. The van der Waals surface area contributed by atoms with Crippen LogP contribution in [0.4, 0.5) is 0 Å². The average molecular weight is 361 g/mol. The summed E-state index contributed by atoms with van der Waals surface area (Å²) in [5, 5.41) is 0. The van der Waals surface area contributed by atoms with Crippen LogP contribution in [0.15, 0.2) is 68.7 Å². The van der Waals surface area contributed by atoms with Crippen molar-refractivity contribution in [2.24, 2.45) is 0 Å². The van der Waals surface area contributed by atoms with Crippen molar-refractivity contribution >= 4 is 16.0 Å². The molecule has 7 nitrogen and oxygen atoms in total. The fourth-order valence-corrected chi connectivity index (χ4v) is 3.16. The van der Waals surface area contributed by atoms with Gasteiger partial charge >= 0.3 is 5.97 Å². The number of carbonyl (C=O) groups excluding carboxylic acids is 1. The third-order valence-corrected chi connectivity index (χ3v) is 4.91. The lowest BCUT2D eigenvalue weighted by molar-refractivity contribution is 0.0600. The molecule has 0 aliphatic heterocycles. The van der Waals surface area contributed by atoms with E-state index in [0.29, 0.717) is 11.5 Å². The number of hydrogen-bond donors (Lipinski definition) is 1. The van der Waals surface area contributed by atoms with E-state index < -0.39 is 16.0 Å². The summed E-state index contributed by atoms with van der Waals surface area (Å²) in [6.45, 7) is -0.00105. The van der Waals surface area contributed by atoms with Crippen LogP contribution in [0, 0.1) is 0 Å². The first kappa shape index (κ1) is 17.0. The zero-order valence-electron chi connectivity index (χ0n) is 13.3. The van der Waals surface area contributed by atoms with E-state index in [-0.39, 0.29) is 17.0 Å². The number of benzene rings is 1. The predicted molar refractivity (Wildman–Crippen MR) is 88.2 cm³/mol. The van der Waals surface area contributed by atoms with Gasteiger partial charge in [0.15, 0.2) is 0 Å². The molecular weight excluding hydrogens is 346 g/mol. The lowest BCUT2D eigenvalue weighted by Crippen LogP contribution is -2.23. The van der Waals surface area contributed by atoms with Gasteiger partial charge in [0, 0.05) is 0 Å². The summed E-state index contributed by atoms with van der Waals surface area (Å²) in [5.41, 5.74) is 1.05. The molecule has 3 aromatic rings. The second-order valence-electron chi connectivity index (χ2n) is 5.12. The van der Waals surface area contributed by atoms with Crippen molar-refractivity contribution in [3.63, 3.8) is 0 Å². The van der Waals surface area contributed by atoms with Crippen LogP contribution in [0.3, 0.4) is 0 Å². The third kappa shape index (κ3) is 3.81. The number of carbonyl (C=O) groups is 1. The maximum atomic E-state index is 12.3. The van der Waals surface area contributed by atoms with Crippen LogP contribution in [0.25, 0.3) is 11.3 Å². The van der Waals surface area contributed by atoms with Gasteiger partial charge in [-0.3, -0.25) is 0 Å². The minimum atomic E-state index is -3.73. The summed E-state index contributed by atoms with van der Waals surface area (Å²) in [6.07, 6.45) is 3.06. The van der Waals surface area contributed by atoms with E-state index in [1.807, 2.05) is 0 Å². The molecule has 0 saturated heterocycles. The summed E-state index contributed by atoms with van der Waals surface area (Å²) in [6, 6.07) is 10.6. The molecule has 0 unspecified atom stereocenters. The van der Waals surface area contributed by atoms with Gasteiger partial charge < -0.3 is 13.6 Å². The van der Waals surface area contributed by atoms with E-state index in [0.717, 1.165) is 5.56 Å². The molecular formula is C17H15NO6S. The molecule has 0 fully saturated rings. The van der Waals surface area contributed by atoms with Gasteiger partial charge in [0.25, 0.3) is 0 Å². The van der Waals surface area contributed by atoms with Crippen LogP contribution in [-0.2, 0) is 21.3 Å². The Morgan fingerprint density at radius 2 is 1.88 bits per heavy atom. The number of methoxy groups -OCH3 is 1. The first-order chi connectivity index (χ1) is 12.0. The molecule has 1 N–H and O–H groups in total.